The highest BCUT2D eigenvalue weighted by atomic mass is 32.2. The Morgan fingerprint density at radius 1 is 1.30 bits per heavy atom. The molecule has 110 valence electrons. The molecular formula is C12H21N7S. The molecule has 2 heterocycles. The van der Waals surface area contributed by atoms with Gasteiger partial charge in [-0.05, 0) is 20.3 Å². The summed E-state index contributed by atoms with van der Waals surface area (Å²) in [5.74, 6) is 2.51. The molecule has 7 nitrogen and oxygen atoms in total. The van der Waals surface area contributed by atoms with Crippen LogP contribution in [0.2, 0.25) is 0 Å². The third-order valence-corrected chi connectivity index (χ3v) is 3.85. The van der Waals surface area contributed by atoms with E-state index in [1.165, 1.54) is 0 Å². The van der Waals surface area contributed by atoms with Crippen molar-refractivity contribution in [2.75, 3.05) is 0 Å². The fraction of sp³-hybridized carbons (Fsp3) is 0.667. The van der Waals surface area contributed by atoms with E-state index in [9.17, 15) is 0 Å². The SMILES string of the molecule is CCCn1c(CN)nnc1SCc1ncnn1C(C)C. The molecule has 2 aromatic heterocycles. The monoisotopic (exact) mass is 295 g/mol. The number of rotatable bonds is 7. The predicted molar refractivity (Wildman–Crippen MR) is 78.2 cm³/mol. The fourth-order valence-electron chi connectivity index (χ4n) is 1.96. The molecule has 0 spiro atoms. The van der Waals surface area contributed by atoms with Gasteiger partial charge >= 0.3 is 0 Å². The summed E-state index contributed by atoms with van der Waals surface area (Å²) < 4.78 is 4.01. The first kappa shape index (κ1) is 15.0. The lowest BCUT2D eigenvalue weighted by atomic mass is 10.4. The van der Waals surface area contributed by atoms with Gasteiger partial charge in [0, 0.05) is 12.6 Å². The molecule has 2 aromatic rings. The topological polar surface area (TPSA) is 87.4 Å². The van der Waals surface area contributed by atoms with Gasteiger partial charge < -0.3 is 10.3 Å². The van der Waals surface area contributed by atoms with E-state index in [-0.39, 0.29) is 0 Å². The summed E-state index contributed by atoms with van der Waals surface area (Å²) in [5.41, 5.74) is 5.69. The number of hydrogen-bond acceptors (Lipinski definition) is 6. The molecule has 0 amide bonds. The van der Waals surface area contributed by atoms with Crippen molar-refractivity contribution in [1.82, 2.24) is 29.5 Å². The highest BCUT2D eigenvalue weighted by molar-refractivity contribution is 7.98. The molecule has 0 atom stereocenters. The molecule has 0 bridgehead atoms. The third-order valence-electron chi connectivity index (χ3n) is 2.89. The van der Waals surface area contributed by atoms with Crippen LogP contribution in [-0.4, -0.2) is 29.5 Å². The van der Waals surface area contributed by atoms with Gasteiger partial charge in [0.05, 0.1) is 12.3 Å². The van der Waals surface area contributed by atoms with Gasteiger partial charge in [0.1, 0.15) is 18.0 Å². The van der Waals surface area contributed by atoms with E-state index in [2.05, 4.69) is 45.6 Å². The second-order valence-corrected chi connectivity index (χ2v) is 5.70. The van der Waals surface area contributed by atoms with E-state index in [4.69, 9.17) is 5.73 Å². The number of nitrogens with zero attached hydrogens (tertiary/aromatic N) is 6. The highest BCUT2D eigenvalue weighted by Crippen LogP contribution is 2.22. The molecule has 0 saturated carbocycles. The maximum Gasteiger partial charge on any atom is 0.191 e. The zero-order valence-electron chi connectivity index (χ0n) is 12.2. The Balaban J connectivity index is 2.10. The first-order chi connectivity index (χ1) is 9.67. The molecular weight excluding hydrogens is 274 g/mol. The van der Waals surface area contributed by atoms with Crippen LogP contribution in [0.3, 0.4) is 0 Å². The molecule has 2 N–H and O–H groups in total. The van der Waals surface area contributed by atoms with Gasteiger partial charge in [0.25, 0.3) is 0 Å². The summed E-state index contributed by atoms with van der Waals surface area (Å²) in [5, 5.41) is 13.5. The van der Waals surface area contributed by atoms with E-state index in [1.54, 1.807) is 18.1 Å². The zero-order valence-corrected chi connectivity index (χ0v) is 13.0. The van der Waals surface area contributed by atoms with Crippen LogP contribution in [0.1, 0.15) is 44.9 Å². The minimum Gasteiger partial charge on any atom is -0.324 e. The summed E-state index contributed by atoms with van der Waals surface area (Å²) in [7, 11) is 0. The number of nitrogens with two attached hydrogens (primary N) is 1. The van der Waals surface area contributed by atoms with Crippen molar-refractivity contribution in [3.05, 3.63) is 18.0 Å². The Morgan fingerprint density at radius 2 is 2.10 bits per heavy atom. The summed E-state index contributed by atoms with van der Waals surface area (Å²) in [6.07, 6.45) is 2.62. The second-order valence-electron chi connectivity index (χ2n) is 4.76. The molecule has 0 saturated heterocycles. The van der Waals surface area contributed by atoms with E-state index in [0.717, 1.165) is 35.5 Å². The van der Waals surface area contributed by atoms with E-state index >= 15 is 0 Å². The molecule has 20 heavy (non-hydrogen) atoms. The van der Waals surface area contributed by atoms with E-state index < -0.39 is 0 Å². The number of hydrogen-bond donors (Lipinski definition) is 1. The smallest absolute Gasteiger partial charge is 0.191 e. The van der Waals surface area contributed by atoms with E-state index in [0.29, 0.717) is 12.6 Å². The van der Waals surface area contributed by atoms with Crippen molar-refractivity contribution in [3.8, 4) is 0 Å². The molecule has 0 aliphatic heterocycles. The normalized spacial score (nSPS) is 11.4. The molecule has 2 rings (SSSR count). The average Bonchev–Trinajstić information content (AvgIpc) is 3.03. The molecule has 0 aromatic carbocycles. The lowest BCUT2D eigenvalue weighted by molar-refractivity contribution is 0.514. The van der Waals surface area contributed by atoms with Gasteiger partial charge in [-0.3, -0.25) is 0 Å². The summed E-state index contributed by atoms with van der Waals surface area (Å²) in [6, 6.07) is 0.307. The second kappa shape index (κ2) is 6.85. The average molecular weight is 295 g/mol. The van der Waals surface area contributed by atoms with Crippen LogP contribution in [-0.2, 0) is 18.8 Å². The minimum atomic E-state index is 0.307. The molecule has 8 heteroatoms. The van der Waals surface area contributed by atoms with Gasteiger partial charge in [-0.25, -0.2) is 9.67 Å². The van der Waals surface area contributed by atoms with Crippen LogP contribution in [0.5, 0.6) is 0 Å². The molecule has 0 unspecified atom stereocenters. The Hall–Kier alpha value is -1.41. The highest BCUT2D eigenvalue weighted by Gasteiger charge is 2.13. The Morgan fingerprint density at radius 3 is 2.75 bits per heavy atom. The first-order valence-corrected chi connectivity index (χ1v) is 7.79. The quantitative estimate of drug-likeness (QED) is 0.781. The van der Waals surface area contributed by atoms with Crippen molar-refractivity contribution in [3.63, 3.8) is 0 Å². The van der Waals surface area contributed by atoms with Crippen LogP contribution >= 0.6 is 11.8 Å². The van der Waals surface area contributed by atoms with Crippen LogP contribution in [0.4, 0.5) is 0 Å². The van der Waals surface area contributed by atoms with Crippen molar-refractivity contribution in [2.24, 2.45) is 5.73 Å². The summed E-state index contributed by atoms with van der Waals surface area (Å²) >= 11 is 1.62. The first-order valence-electron chi connectivity index (χ1n) is 6.80. The summed E-state index contributed by atoms with van der Waals surface area (Å²) in [4.78, 5) is 4.30. The molecule has 0 aliphatic carbocycles. The van der Waals surface area contributed by atoms with E-state index in [1.807, 2.05) is 4.68 Å². The van der Waals surface area contributed by atoms with Gasteiger partial charge in [-0.1, -0.05) is 18.7 Å². The van der Waals surface area contributed by atoms with Crippen LogP contribution < -0.4 is 5.73 Å². The predicted octanol–water partition coefficient (Wildman–Crippen LogP) is 1.61. The largest absolute Gasteiger partial charge is 0.324 e. The lowest BCUT2D eigenvalue weighted by Gasteiger charge is -2.10. The van der Waals surface area contributed by atoms with Crippen molar-refractivity contribution in [2.45, 2.75) is 57.2 Å². The van der Waals surface area contributed by atoms with Crippen LogP contribution in [0.25, 0.3) is 0 Å². The number of aromatic nitrogens is 6. The van der Waals surface area contributed by atoms with Gasteiger partial charge in [-0.2, -0.15) is 5.10 Å². The molecule has 0 radical (unpaired) electrons. The maximum atomic E-state index is 5.69. The van der Waals surface area contributed by atoms with Crippen LogP contribution in [0.15, 0.2) is 11.5 Å². The van der Waals surface area contributed by atoms with Crippen molar-refractivity contribution in [1.29, 1.82) is 0 Å². The van der Waals surface area contributed by atoms with Gasteiger partial charge in [0.2, 0.25) is 0 Å². The molecule has 0 fully saturated rings. The Labute approximate surface area is 123 Å². The third kappa shape index (κ3) is 3.18. The van der Waals surface area contributed by atoms with Crippen molar-refractivity contribution >= 4 is 11.8 Å². The van der Waals surface area contributed by atoms with Gasteiger partial charge in [-0.15, -0.1) is 10.2 Å². The standard InChI is InChI=1S/C12H21N7S/c1-4-5-18-10(6-13)16-17-12(18)20-7-11-14-8-15-19(11)9(2)3/h8-9H,4-7,13H2,1-3H3. The fourth-order valence-corrected chi connectivity index (χ4v) is 2.88. The summed E-state index contributed by atoms with van der Waals surface area (Å²) in [6.45, 7) is 7.61. The Bertz CT molecular complexity index is 546. The van der Waals surface area contributed by atoms with Gasteiger partial charge in [0.15, 0.2) is 5.16 Å². The van der Waals surface area contributed by atoms with Crippen LogP contribution in [0, 0.1) is 0 Å². The lowest BCUT2D eigenvalue weighted by Crippen LogP contribution is -2.10. The zero-order chi connectivity index (χ0) is 14.5. The Kier molecular flexibility index (Phi) is 5.13. The van der Waals surface area contributed by atoms with Crippen molar-refractivity contribution < 1.29 is 0 Å². The minimum absolute atomic E-state index is 0.307. The number of thioether (sulfide) groups is 1. The molecule has 0 aliphatic rings. The maximum absolute atomic E-state index is 5.69.